The van der Waals surface area contributed by atoms with Crippen LogP contribution >= 0.6 is 69.6 Å². The number of rotatable bonds is 10. The summed E-state index contributed by atoms with van der Waals surface area (Å²) >= 11 is 37.6. The van der Waals surface area contributed by atoms with Crippen LogP contribution in [0.25, 0.3) is 0 Å². The van der Waals surface area contributed by atoms with Crippen molar-refractivity contribution >= 4 is 93.5 Å². The normalized spacial score (nSPS) is 24.4. The zero-order chi connectivity index (χ0) is 35.9. The summed E-state index contributed by atoms with van der Waals surface area (Å²) in [5.41, 5.74) is -0.959. The molecule has 2 aliphatic carbocycles. The first-order chi connectivity index (χ1) is 22.3. The molecular formula is C34H36Cl6O8. The van der Waals surface area contributed by atoms with E-state index in [9.17, 15) is 19.2 Å². The van der Waals surface area contributed by atoms with Crippen molar-refractivity contribution in [2.75, 3.05) is 13.2 Å². The average Bonchev–Trinajstić information content (AvgIpc) is 3.04. The maximum atomic E-state index is 13.3. The van der Waals surface area contributed by atoms with E-state index in [4.69, 9.17) is 88.6 Å². The first kappa shape index (κ1) is 38.9. The van der Waals surface area contributed by atoms with Gasteiger partial charge in [0.2, 0.25) is 0 Å². The average molecular weight is 785 g/mol. The lowest BCUT2D eigenvalue weighted by molar-refractivity contribution is -0.156. The van der Waals surface area contributed by atoms with Crippen molar-refractivity contribution in [2.24, 2.45) is 34.5 Å². The Balaban J connectivity index is 1.53. The van der Waals surface area contributed by atoms with Crippen LogP contribution < -0.4 is 9.47 Å². The van der Waals surface area contributed by atoms with E-state index in [1.54, 1.807) is 0 Å². The molecule has 262 valence electrons. The highest BCUT2D eigenvalue weighted by atomic mass is 35.5. The van der Waals surface area contributed by atoms with Crippen molar-refractivity contribution in [1.82, 2.24) is 0 Å². The first-order valence-corrected chi connectivity index (χ1v) is 17.7. The van der Waals surface area contributed by atoms with Crippen LogP contribution in [0, 0.1) is 34.5 Å². The Morgan fingerprint density at radius 2 is 1.00 bits per heavy atom. The lowest BCUT2D eigenvalue weighted by Gasteiger charge is -2.49. The summed E-state index contributed by atoms with van der Waals surface area (Å²) in [5.74, 6) is -5.48. The smallest absolute Gasteiger partial charge is 0.423 e. The molecule has 0 saturated heterocycles. The molecule has 8 nitrogen and oxygen atoms in total. The van der Waals surface area contributed by atoms with Gasteiger partial charge in [-0.25, -0.2) is 19.2 Å². The fraction of sp³-hybridized carbons (Fsp3) is 0.529. The van der Waals surface area contributed by atoms with Crippen molar-refractivity contribution in [3.63, 3.8) is 0 Å². The van der Waals surface area contributed by atoms with Crippen molar-refractivity contribution in [3.05, 3.63) is 53.4 Å². The standard InChI is InChI=1S/C34H36Cl6O8/c1-15-7-9-33(15,5)17(3)13-45-29(41)23-25(39)19(35)11-21(37)27(23)47-31(43)32(44)48-28-22(38)12-20(36)26(40)24(28)30(42)46-14-18(4)34(6)10-8-16(34)2/h11-12,15-18H,7-10,13-14H2,1-6H3. The monoisotopic (exact) mass is 782 g/mol. The fourth-order valence-corrected chi connectivity index (χ4v) is 7.60. The highest BCUT2D eigenvalue weighted by Crippen LogP contribution is 2.52. The third-order valence-electron chi connectivity index (χ3n) is 10.9. The van der Waals surface area contributed by atoms with E-state index >= 15 is 0 Å². The van der Waals surface area contributed by atoms with E-state index in [-0.39, 0.29) is 66.0 Å². The predicted octanol–water partition coefficient (Wildman–Crippen LogP) is 10.6. The molecule has 0 N–H and O–H groups in total. The maximum Gasteiger partial charge on any atom is 0.423 e. The molecule has 0 aliphatic heterocycles. The minimum absolute atomic E-state index is 0.00418. The van der Waals surface area contributed by atoms with Crippen molar-refractivity contribution in [1.29, 1.82) is 0 Å². The zero-order valence-electron chi connectivity index (χ0n) is 27.2. The number of hydrogen-bond acceptors (Lipinski definition) is 8. The summed E-state index contributed by atoms with van der Waals surface area (Å²) in [7, 11) is 0. The SMILES string of the molecule is CC1CCC1(C)C(C)COC(=O)c1c(Cl)c(Cl)cc(Cl)c1OC(=O)C(=O)Oc1c(Cl)cc(Cl)c(Cl)c1C(=O)OCC(C)C1(C)CCC1C. The molecule has 0 bridgehead atoms. The molecule has 0 amide bonds. The number of halogens is 6. The second-order valence-corrected chi connectivity index (χ2v) is 15.8. The van der Waals surface area contributed by atoms with E-state index in [0.29, 0.717) is 11.8 Å². The fourth-order valence-electron chi connectivity index (χ4n) is 6.16. The third kappa shape index (κ3) is 7.54. The number of carbonyl (C=O) groups excluding carboxylic acids is 4. The first-order valence-electron chi connectivity index (χ1n) is 15.5. The summed E-state index contributed by atoms with van der Waals surface area (Å²) < 4.78 is 21.5. The molecule has 4 rings (SSSR count). The summed E-state index contributed by atoms with van der Waals surface area (Å²) in [6.45, 7) is 12.6. The summed E-state index contributed by atoms with van der Waals surface area (Å²) in [5, 5.41) is -1.49. The quantitative estimate of drug-likeness (QED) is 0.101. The van der Waals surface area contributed by atoms with E-state index in [1.807, 2.05) is 13.8 Å². The molecule has 2 fully saturated rings. The number of carbonyl (C=O) groups is 4. The molecule has 2 aromatic carbocycles. The van der Waals surface area contributed by atoms with Gasteiger partial charge in [0, 0.05) is 0 Å². The summed E-state index contributed by atoms with van der Waals surface area (Å²) in [6.07, 6.45) is 4.13. The largest absolute Gasteiger partial charge is 0.462 e. The summed E-state index contributed by atoms with van der Waals surface area (Å²) in [4.78, 5) is 52.7. The van der Waals surface area contributed by atoms with Crippen LogP contribution in [0.2, 0.25) is 30.1 Å². The molecule has 2 aromatic rings. The van der Waals surface area contributed by atoms with Gasteiger partial charge < -0.3 is 18.9 Å². The van der Waals surface area contributed by atoms with Crippen LogP contribution in [-0.2, 0) is 19.1 Å². The van der Waals surface area contributed by atoms with Crippen LogP contribution in [0.5, 0.6) is 11.5 Å². The van der Waals surface area contributed by atoms with Crippen LogP contribution in [-0.4, -0.2) is 37.1 Å². The Morgan fingerprint density at radius 1 is 0.667 bits per heavy atom. The van der Waals surface area contributed by atoms with E-state index in [0.717, 1.165) is 37.8 Å². The van der Waals surface area contributed by atoms with E-state index < -0.39 is 46.5 Å². The third-order valence-corrected chi connectivity index (χ3v) is 13.0. The highest BCUT2D eigenvalue weighted by molar-refractivity contribution is 6.47. The van der Waals surface area contributed by atoms with Crippen LogP contribution in [0.3, 0.4) is 0 Å². The minimum atomic E-state index is -1.64. The van der Waals surface area contributed by atoms with Crippen molar-refractivity contribution < 1.29 is 38.1 Å². The Labute approximate surface area is 309 Å². The number of esters is 4. The van der Waals surface area contributed by atoms with Gasteiger partial charge in [-0.15, -0.1) is 0 Å². The van der Waals surface area contributed by atoms with Gasteiger partial charge in [-0.1, -0.05) is 111 Å². The number of benzene rings is 2. The van der Waals surface area contributed by atoms with Crippen LogP contribution in [0.4, 0.5) is 0 Å². The Hall–Kier alpha value is -1.94. The topological polar surface area (TPSA) is 105 Å². The van der Waals surface area contributed by atoms with Gasteiger partial charge in [-0.3, -0.25) is 0 Å². The van der Waals surface area contributed by atoms with Crippen LogP contribution in [0.1, 0.15) is 87.9 Å². The Morgan fingerprint density at radius 3 is 1.27 bits per heavy atom. The van der Waals surface area contributed by atoms with Gasteiger partial charge >= 0.3 is 23.9 Å². The minimum Gasteiger partial charge on any atom is -0.462 e. The molecule has 6 atom stereocenters. The Bertz CT molecular complexity index is 1530. The second-order valence-electron chi connectivity index (χ2n) is 13.4. The van der Waals surface area contributed by atoms with E-state index in [1.165, 1.54) is 0 Å². The van der Waals surface area contributed by atoms with Gasteiger partial charge in [-0.05, 0) is 72.3 Å². The second kappa shape index (κ2) is 15.1. The molecule has 48 heavy (non-hydrogen) atoms. The molecule has 6 unspecified atom stereocenters. The zero-order valence-corrected chi connectivity index (χ0v) is 31.8. The molecule has 0 aromatic heterocycles. The lowest BCUT2D eigenvalue weighted by atomic mass is 9.56. The molecule has 0 spiro atoms. The maximum absolute atomic E-state index is 13.3. The van der Waals surface area contributed by atoms with Crippen LogP contribution in [0.15, 0.2) is 12.1 Å². The van der Waals surface area contributed by atoms with Crippen molar-refractivity contribution in [3.8, 4) is 11.5 Å². The number of hydrogen-bond donors (Lipinski definition) is 0. The Kier molecular flexibility index (Phi) is 12.2. The highest BCUT2D eigenvalue weighted by Gasteiger charge is 2.45. The molecule has 2 aliphatic rings. The molecule has 0 heterocycles. The summed E-state index contributed by atoms with van der Waals surface area (Å²) in [6, 6.07) is 2.26. The molecule has 0 radical (unpaired) electrons. The molecular weight excluding hydrogens is 749 g/mol. The predicted molar refractivity (Wildman–Crippen MR) is 186 cm³/mol. The number of ether oxygens (including phenoxy) is 4. The van der Waals surface area contributed by atoms with Gasteiger partial charge in [0.1, 0.15) is 11.1 Å². The van der Waals surface area contributed by atoms with Gasteiger partial charge in [0.05, 0.1) is 43.3 Å². The lowest BCUT2D eigenvalue weighted by Crippen LogP contribution is -2.43. The van der Waals surface area contributed by atoms with Gasteiger partial charge in [0.15, 0.2) is 11.5 Å². The van der Waals surface area contributed by atoms with Gasteiger partial charge in [-0.2, -0.15) is 0 Å². The molecule has 14 heteroatoms. The van der Waals surface area contributed by atoms with Crippen molar-refractivity contribution in [2.45, 2.75) is 67.2 Å². The van der Waals surface area contributed by atoms with E-state index in [2.05, 4.69) is 27.7 Å². The molecule has 2 saturated carbocycles. The van der Waals surface area contributed by atoms with Gasteiger partial charge in [0.25, 0.3) is 0 Å².